The molecule has 146 valence electrons. The highest BCUT2D eigenvalue weighted by molar-refractivity contribution is 8.15. The zero-order chi connectivity index (χ0) is 20.3. The van der Waals surface area contributed by atoms with Gasteiger partial charge < -0.3 is 10.1 Å². The SMILES string of the molecule is COc1ccc(Cl)cc1N=C1S[C@H](CC(=O)Nc2ccc(C)cc2)C(=O)N1C. The van der Waals surface area contributed by atoms with Crippen LogP contribution in [0.5, 0.6) is 5.75 Å². The second-order valence-electron chi connectivity index (χ2n) is 6.33. The quantitative estimate of drug-likeness (QED) is 0.789. The Labute approximate surface area is 172 Å². The second-order valence-corrected chi connectivity index (χ2v) is 7.94. The average Bonchev–Trinajstić information content (AvgIpc) is 2.92. The maximum absolute atomic E-state index is 12.5. The van der Waals surface area contributed by atoms with Crippen LogP contribution in [0.3, 0.4) is 0 Å². The van der Waals surface area contributed by atoms with Crippen molar-refractivity contribution in [3.05, 3.63) is 53.1 Å². The Balaban J connectivity index is 1.72. The van der Waals surface area contributed by atoms with Gasteiger partial charge in [-0.25, -0.2) is 4.99 Å². The number of ether oxygens (including phenoxy) is 1. The third kappa shape index (κ3) is 4.66. The van der Waals surface area contributed by atoms with Crippen molar-refractivity contribution in [2.24, 2.45) is 4.99 Å². The lowest BCUT2D eigenvalue weighted by atomic mass is 10.2. The van der Waals surface area contributed by atoms with E-state index in [0.717, 1.165) is 5.56 Å². The van der Waals surface area contributed by atoms with Crippen molar-refractivity contribution in [3.8, 4) is 5.75 Å². The summed E-state index contributed by atoms with van der Waals surface area (Å²) in [4.78, 5) is 30.9. The minimum absolute atomic E-state index is 0.0629. The molecule has 0 aromatic heterocycles. The molecule has 0 unspecified atom stereocenters. The van der Waals surface area contributed by atoms with Gasteiger partial charge in [-0.3, -0.25) is 14.5 Å². The Bertz CT molecular complexity index is 931. The van der Waals surface area contributed by atoms with Gasteiger partial charge in [-0.1, -0.05) is 41.1 Å². The van der Waals surface area contributed by atoms with Crippen LogP contribution >= 0.6 is 23.4 Å². The first-order valence-corrected chi connectivity index (χ1v) is 9.86. The third-order valence-electron chi connectivity index (χ3n) is 4.20. The Morgan fingerprint density at radius 2 is 2.00 bits per heavy atom. The van der Waals surface area contributed by atoms with E-state index in [1.807, 2.05) is 31.2 Å². The molecule has 0 radical (unpaired) electrons. The van der Waals surface area contributed by atoms with Gasteiger partial charge in [0.15, 0.2) is 5.17 Å². The third-order valence-corrected chi connectivity index (χ3v) is 5.67. The fraction of sp³-hybridized carbons (Fsp3) is 0.250. The van der Waals surface area contributed by atoms with Gasteiger partial charge in [0.2, 0.25) is 11.8 Å². The molecule has 3 rings (SSSR count). The fourth-order valence-corrected chi connectivity index (χ4v) is 3.98. The molecule has 2 aromatic carbocycles. The molecule has 1 N–H and O–H groups in total. The summed E-state index contributed by atoms with van der Waals surface area (Å²) in [6.45, 7) is 1.98. The molecular weight excluding hydrogens is 398 g/mol. The molecular formula is C20H20ClN3O3S. The van der Waals surface area contributed by atoms with Crippen molar-refractivity contribution in [1.82, 2.24) is 4.90 Å². The molecule has 6 nitrogen and oxygen atoms in total. The maximum atomic E-state index is 12.5. The number of amidine groups is 1. The van der Waals surface area contributed by atoms with Crippen molar-refractivity contribution in [1.29, 1.82) is 0 Å². The number of carbonyl (C=O) groups is 2. The minimum Gasteiger partial charge on any atom is -0.494 e. The molecule has 1 saturated heterocycles. The van der Waals surface area contributed by atoms with E-state index >= 15 is 0 Å². The van der Waals surface area contributed by atoms with E-state index in [-0.39, 0.29) is 18.2 Å². The molecule has 1 aliphatic heterocycles. The van der Waals surface area contributed by atoms with Crippen molar-refractivity contribution < 1.29 is 14.3 Å². The molecule has 1 atom stereocenters. The molecule has 1 heterocycles. The van der Waals surface area contributed by atoms with Gasteiger partial charge in [-0.2, -0.15) is 0 Å². The van der Waals surface area contributed by atoms with Crippen LogP contribution in [-0.2, 0) is 9.59 Å². The van der Waals surface area contributed by atoms with Gasteiger partial charge in [0.05, 0.1) is 7.11 Å². The van der Waals surface area contributed by atoms with Crippen molar-refractivity contribution in [2.45, 2.75) is 18.6 Å². The van der Waals surface area contributed by atoms with E-state index in [1.165, 1.54) is 16.7 Å². The highest BCUT2D eigenvalue weighted by Gasteiger charge is 2.37. The number of aryl methyl sites for hydroxylation is 1. The predicted molar refractivity (Wildman–Crippen MR) is 114 cm³/mol. The van der Waals surface area contributed by atoms with Crippen LogP contribution in [0.15, 0.2) is 47.5 Å². The summed E-state index contributed by atoms with van der Waals surface area (Å²) in [6, 6.07) is 12.6. The summed E-state index contributed by atoms with van der Waals surface area (Å²) in [7, 11) is 3.19. The number of rotatable bonds is 5. The summed E-state index contributed by atoms with van der Waals surface area (Å²) in [5, 5.41) is 3.31. The first kappa shape index (κ1) is 20.2. The van der Waals surface area contributed by atoms with Crippen LogP contribution in [0.1, 0.15) is 12.0 Å². The number of methoxy groups -OCH3 is 1. The fourth-order valence-electron chi connectivity index (χ4n) is 2.67. The Morgan fingerprint density at radius 1 is 1.29 bits per heavy atom. The van der Waals surface area contributed by atoms with E-state index in [9.17, 15) is 9.59 Å². The van der Waals surface area contributed by atoms with E-state index < -0.39 is 5.25 Å². The first-order valence-electron chi connectivity index (χ1n) is 8.60. The molecule has 1 fully saturated rings. The number of hydrogen-bond acceptors (Lipinski definition) is 5. The topological polar surface area (TPSA) is 71.0 Å². The number of nitrogens with one attached hydrogen (secondary N) is 1. The van der Waals surface area contributed by atoms with Crippen molar-refractivity contribution in [3.63, 3.8) is 0 Å². The van der Waals surface area contributed by atoms with Crippen molar-refractivity contribution >= 4 is 51.7 Å². The maximum Gasteiger partial charge on any atom is 0.242 e. The van der Waals surface area contributed by atoms with Gasteiger partial charge in [-0.15, -0.1) is 0 Å². The first-order chi connectivity index (χ1) is 13.4. The molecule has 0 saturated carbocycles. The zero-order valence-electron chi connectivity index (χ0n) is 15.7. The van der Waals surface area contributed by atoms with Gasteiger partial charge in [-0.05, 0) is 37.3 Å². The number of thioether (sulfide) groups is 1. The molecule has 1 aliphatic rings. The molecule has 0 spiro atoms. The summed E-state index contributed by atoms with van der Waals surface area (Å²) >= 11 is 7.30. The highest BCUT2D eigenvalue weighted by Crippen LogP contribution is 2.35. The number of benzene rings is 2. The molecule has 2 amide bonds. The summed E-state index contributed by atoms with van der Waals surface area (Å²) in [5.74, 6) is 0.174. The van der Waals surface area contributed by atoms with Gasteiger partial charge in [0.25, 0.3) is 0 Å². The van der Waals surface area contributed by atoms with Crippen molar-refractivity contribution in [2.75, 3.05) is 19.5 Å². The molecule has 2 aromatic rings. The van der Waals surface area contributed by atoms with E-state index in [2.05, 4.69) is 10.3 Å². The number of aliphatic imine (C=N–C) groups is 1. The molecule has 0 aliphatic carbocycles. The lowest BCUT2D eigenvalue weighted by Gasteiger charge is -2.10. The smallest absolute Gasteiger partial charge is 0.242 e. The largest absolute Gasteiger partial charge is 0.494 e. The Kier molecular flexibility index (Phi) is 6.26. The number of nitrogens with zero attached hydrogens (tertiary/aromatic N) is 2. The number of carbonyl (C=O) groups excluding carboxylic acids is 2. The van der Waals surface area contributed by atoms with Crippen LogP contribution in [-0.4, -0.2) is 41.3 Å². The van der Waals surface area contributed by atoms with E-state index in [4.69, 9.17) is 16.3 Å². The standard InChI is InChI=1S/C20H20ClN3O3S/c1-12-4-7-14(8-5-12)22-18(25)11-17-19(26)24(2)20(28-17)23-15-10-13(21)6-9-16(15)27-3/h4-10,17H,11H2,1-3H3,(H,22,25)/t17-/m1/s1. The monoisotopic (exact) mass is 417 g/mol. The van der Waals surface area contributed by atoms with Gasteiger partial charge in [0, 0.05) is 24.2 Å². The van der Waals surface area contributed by atoms with Crippen LogP contribution < -0.4 is 10.1 Å². The summed E-state index contributed by atoms with van der Waals surface area (Å²) < 4.78 is 5.30. The average molecular weight is 418 g/mol. The van der Waals surface area contributed by atoms with Gasteiger partial charge >= 0.3 is 0 Å². The van der Waals surface area contributed by atoms with Crippen LogP contribution in [0.4, 0.5) is 11.4 Å². The molecule has 8 heteroatoms. The number of hydrogen-bond donors (Lipinski definition) is 1. The van der Waals surface area contributed by atoms with Crippen LogP contribution in [0.2, 0.25) is 5.02 Å². The van der Waals surface area contributed by atoms with Crippen LogP contribution in [0.25, 0.3) is 0 Å². The van der Waals surface area contributed by atoms with Gasteiger partial charge in [0.1, 0.15) is 16.7 Å². The van der Waals surface area contributed by atoms with Crippen LogP contribution in [0, 0.1) is 6.92 Å². The van der Waals surface area contributed by atoms with E-state index in [0.29, 0.717) is 27.3 Å². The second kappa shape index (κ2) is 8.67. The predicted octanol–water partition coefficient (Wildman–Crippen LogP) is 4.25. The summed E-state index contributed by atoms with van der Waals surface area (Å²) in [6.07, 6.45) is 0.0629. The van der Waals surface area contributed by atoms with E-state index in [1.54, 1.807) is 32.4 Å². The lowest BCUT2D eigenvalue weighted by molar-refractivity contribution is -0.127. The highest BCUT2D eigenvalue weighted by atomic mass is 35.5. The number of halogens is 1. The number of amides is 2. The minimum atomic E-state index is -0.528. The number of anilines is 1. The summed E-state index contributed by atoms with van der Waals surface area (Å²) in [5.41, 5.74) is 2.34. The molecule has 0 bridgehead atoms. The molecule has 28 heavy (non-hydrogen) atoms. The zero-order valence-corrected chi connectivity index (χ0v) is 17.3. The lowest BCUT2D eigenvalue weighted by Crippen LogP contribution is -2.30. The Morgan fingerprint density at radius 3 is 2.68 bits per heavy atom. The Hall–Kier alpha value is -2.51. The normalized spacial score (nSPS) is 17.9.